The van der Waals surface area contributed by atoms with E-state index in [1.165, 1.54) is 0 Å². The summed E-state index contributed by atoms with van der Waals surface area (Å²) >= 11 is 0. The third-order valence-electron chi connectivity index (χ3n) is 4.98. The predicted molar refractivity (Wildman–Crippen MR) is 111 cm³/mol. The van der Waals surface area contributed by atoms with Crippen molar-refractivity contribution in [2.24, 2.45) is 0 Å². The SMILES string of the molecule is CCC(=O)Nc1ccc(N2CCN(C(=O)Cc3ccc(OC)cc3)CC2)cc1. The minimum atomic E-state index is 0.0109. The second-order valence-electron chi connectivity index (χ2n) is 6.84. The summed E-state index contributed by atoms with van der Waals surface area (Å²) in [6.45, 7) is 4.86. The van der Waals surface area contributed by atoms with Gasteiger partial charge in [0.25, 0.3) is 0 Å². The van der Waals surface area contributed by atoms with Crippen LogP contribution in [0.4, 0.5) is 11.4 Å². The largest absolute Gasteiger partial charge is 0.497 e. The second kappa shape index (κ2) is 9.26. The number of benzene rings is 2. The molecular formula is C22H27N3O3. The molecule has 28 heavy (non-hydrogen) atoms. The first-order chi connectivity index (χ1) is 13.6. The van der Waals surface area contributed by atoms with Crippen LogP contribution in [0.2, 0.25) is 0 Å². The van der Waals surface area contributed by atoms with Crippen LogP contribution in [0.1, 0.15) is 18.9 Å². The third kappa shape index (κ3) is 5.03. The zero-order chi connectivity index (χ0) is 19.9. The van der Waals surface area contributed by atoms with Gasteiger partial charge in [-0.3, -0.25) is 9.59 Å². The Bertz CT molecular complexity index is 795. The summed E-state index contributed by atoms with van der Waals surface area (Å²) in [4.78, 5) is 28.2. The standard InChI is InChI=1S/C22H27N3O3/c1-3-21(26)23-18-6-8-19(9-7-18)24-12-14-25(15-13-24)22(27)16-17-4-10-20(28-2)11-5-17/h4-11H,3,12-16H2,1-2H3,(H,23,26). The second-order valence-corrected chi connectivity index (χ2v) is 6.84. The average molecular weight is 381 g/mol. The summed E-state index contributed by atoms with van der Waals surface area (Å²) in [5.74, 6) is 0.962. The number of nitrogens with zero attached hydrogens (tertiary/aromatic N) is 2. The number of hydrogen-bond donors (Lipinski definition) is 1. The fourth-order valence-corrected chi connectivity index (χ4v) is 3.25. The summed E-state index contributed by atoms with van der Waals surface area (Å²) < 4.78 is 5.15. The number of piperazine rings is 1. The Hall–Kier alpha value is -3.02. The number of nitrogens with one attached hydrogen (secondary N) is 1. The van der Waals surface area contributed by atoms with Crippen molar-refractivity contribution >= 4 is 23.2 Å². The van der Waals surface area contributed by atoms with E-state index < -0.39 is 0 Å². The molecule has 0 spiro atoms. The molecule has 2 amide bonds. The van der Waals surface area contributed by atoms with E-state index in [-0.39, 0.29) is 11.8 Å². The fraction of sp³-hybridized carbons (Fsp3) is 0.364. The molecule has 1 N–H and O–H groups in total. The average Bonchev–Trinajstić information content (AvgIpc) is 2.75. The topological polar surface area (TPSA) is 61.9 Å². The Morgan fingerprint density at radius 2 is 1.61 bits per heavy atom. The Kier molecular flexibility index (Phi) is 6.53. The minimum absolute atomic E-state index is 0.0109. The summed E-state index contributed by atoms with van der Waals surface area (Å²) in [5, 5.41) is 2.86. The van der Waals surface area contributed by atoms with Crippen LogP contribution < -0.4 is 15.0 Å². The van der Waals surface area contributed by atoms with E-state index >= 15 is 0 Å². The number of carbonyl (C=O) groups is 2. The first-order valence-corrected chi connectivity index (χ1v) is 9.64. The fourth-order valence-electron chi connectivity index (χ4n) is 3.25. The number of hydrogen-bond acceptors (Lipinski definition) is 4. The van der Waals surface area contributed by atoms with E-state index in [1.807, 2.05) is 60.4 Å². The van der Waals surface area contributed by atoms with Crippen LogP contribution in [-0.4, -0.2) is 50.0 Å². The number of carbonyl (C=O) groups excluding carboxylic acids is 2. The molecule has 148 valence electrons. The van der Waals surface area contributed by atoms with E-state index in [4.69, 9.17) is 4.74 Å². The molecule has 0 saturated carbocycles. The van der Waals surface area contributed by atoms with Crippen molar-refractivity contribution in [1.82, 2.24) is 4.90 Å². The van der Waals surface area contributed by atoms with E-state index in [1.54, 1.807) is 7.11 Å². The highest BCUT2D eigenvalue weighted by Gasteiger charge is 2.21. The van der Waals surface area contributed by atoms with Gasteiger partial charge in [0.05, 0.1) is 13.5 Å². The molecule has 0 bridgehead atoms. The summed E-state index contributed by atoms with van der Waals surface area (Å²) in [6, 6.07) is 15.5. The Labute approximate surface area is 166 Å². The quantitative estimate of drug-likeness (QED) is 0.836. The molecule has 0 radical (unpaired) electrons. The molecule has 1 fully saturated rings. The van der Waals surface area contributed by atoms with Crippen LogP contribution in [-0.2, 0) is 16.0 Å². The zero-order valence-corrected chi connectivity index (χ0v) is 16.5. The first-order valence-electron chi connectivity index (χ1n) is 9.64. The van der Waals surface area contributed by atoms with Gasteiger partial charge in [0.15, 0.2) is 0 Å². The monoisotopic (exact) mass is 381 g/mol. The van der Waals surface area contributed by atoms with Crippen LogP contribution in [0.15, 0.2) is 48.5 Å². The van der Waals surface area contributed by atoms with Gasteiger partial charge in [-0.05, 0) is 42.0 Å². The van der Waals surface area contributed by atoms with Gasteiger partial charge < -0.3 is 19.9 Å². The normalized spacial score (nSPS) is 13.9. The molecule has 1 aliphatic rings. The van der Waals surface area contributed by atoms with Gasteiger partial charge in [-0.15, -0.1) is 0 Å². The highest BCUT2D eigenvalue weighted by Crippen LogP contribution is 2.20. The Morgan fingerprint density at radius 3 is 2.18 bits per heavy atom. The summed E-state index contributed by atoms with van der Waals surface area (Å²) in [7, 11) is 1.63. The van der Waals surface area contributed by atoms with E-state index in [9.17, 15) is 9.59 Å². The zero-order valence-electron chi connectivity index (χ0n) is 16.5. The molecule has 0 unspecified atom stereocenters. The molecule has 3 rings (SSSR count). The first kappa shape index (κ1) is 19.7. The molecule has 2 aromatic rings. The molecule has 6 heteroatoms. The minimum Gasteiger partial charge on any atom is -0.497 e. The van der Waals surface area contributed by atoms with Crippen LogP contribution in [0.5, 0.6) is 5.75 Å². The lowest BCUT2D eigenvalue weighted by Crippen LogP contribution is -2.49. The van der Waals surface area contributed by atoms with Gasteiger partial charge in [0.2, 0.25) is 11.8 Å². The number of ether oxygens (including phenoxy) is 1. The van der Waals surface area contributed by atoms with Crippen LogP contribution in [0, 0.1) is 0 Å². The Balaban J connectivity index is 1.50. The van der Waals surface area contributed by atoms with Crippen molar-refractivity contribution in [3.8, 4) is 5.75 Å². The molecular weight excluding hydrogens is 354 g/mol. The molecule has 2 aromatic carbocycles. The third-order valence-corrected chi connectivity index (χ3v) is 4.98. The van der Waals surface area contributed by atoms with Crippen molar-refractivity contribution in [3.63, 3.8) is 0 Å². The highest BCUT2D eigenvalue weighted by molar-refractivity contribution is 5.90. The molecule has 0 atom stereocenters. The summed E-state index contributed by atoms with van der Waals surface area (Å²) in [6.07, 6.45) is 0.879. The van der Waals surface area contributed by atoms with Crippen LogP contribution in [0.3, 0.4) is 0 Å². The van der Waals surface area contributed by atoms with E-state index in [0.717, 1.165) is 35.8 Å². The van der Waals surface area contributed by atoms with Gasteiger partial charge in [-0.25, -0.2) is 0 Å². The van der Waals surface area contributed by atoms with Gasteiger partial charge in [0.1, 0.15) is 5.75 Å². The van der Waals surface area contributed by atoms with E-state index in [0.29, 0.717) is 25.9 Å². The Morgan fingerprint density at radius 1 is 0.964 bits per heavy atom. The maximum atomic E-state index is 12.6. The van der Waals surface area contributed by atoms with Crippen LogP contribution >= 0.6 is 0 Å². The van der Waals surface area contributed by atoms with Crippen LogP contribution in [0.25, 0.3) is 0 Å². The maximum Gasteiger partial charge on any atom is 0.227 e. The van der Waals surface area contributed by atoms with Crippen molar-refractivity contribution in [2.45, 2.75) is 19.8 Å². The van der Waals surface area contributed by atoms with Gasteiger partial charge in [0, 0.05) is 44.0 Å². The van der Waals surface area contributed by atoms with Crippen molar-refractivity contribution < 1.29 is 14.3 Å². The smallest absolute Gasteiger partial charge is 0.227 e. The van der Waals surface area contributed by atoms with E-state index in [2.05, 4.69) is 10.2 Å². The number of methoxy groups -OCH3 is 1. The predicted octanol–water partition coefficient (Wildman–Crippen LogP) is 2.94. The maximum absolute atomic E-state index is 12.6. The van der Waals surface area contributed by atoms with Gasteiger partial charge >= 0.3 is 0 Å². The number of amides is 2. The van der Waals surface area contributed by atoms with Crippen molar-refractivity contribution in [2.75, 3.05) is 43.5 Å². The molecule has 1 saturated heterocycles. The lowest BCUT2D eigenvalue weighted by molar-refractivity contribution is -0.130. The summed E-state index contributed by atoms with van der Waals surface area (Å²) in [5.41, 5.74) is 2.92. The van der Waals surface area contributed by atoms with Gasteiger partial charge in [-0.1, -0.05) is 19.1 Å². The highest BCUT2D eigenvalue weighted by atomic mass is 16.5. The molecule has 0 aromatic heterocycles. The lowest BCUT2D eigenvalue weighted by atomic mass is 10.1. The molecule has 1 aliphatic heterocycles. The lowest BCUT2D eigenvalue weighted by Gasteiger charge is -2.36. The molecule has 1 heterocycles. The number of rotatable bonds is 6. The molecule has 0 aliphatic carbocycles. The van der Waals surface area contributed by atoms with Crippen molar-refractivity contribution in [1.29, 1.82) is 0 Å². The van der Waals surface area contributed by atoms with Gasteiger partial charge in [-0.2, -0.15) is 0 Å². The number of anilines is 2. The van der Waals surface area contributed by atoms with Crippen molar-refractivity contribution in [3.05, 3.63) is 54.1 Å². The molecule has 6 nitrogen and oxygen atoms in total.